The fourth-order valence-electron chi connectivity index (χ4n) is 4.54. The average molecular weight is 604 g/mol. The minimum atomic E-state index is -0.677. The van der Waals surface area contributed by atoms with E-state index in [-0.39, 0.29) is 17.1 Å². The lowest BCUT2D eigenvalue weighted by Gasteiger charge is -2.39. The summed E-state index contributed by atoms with van der Waals surface area (Å²) in [6.45, 7) is 3.80. The van der Waals surface area contributed by atoms with Gasteiger partial charge >= 0.3 is 0 Å². The third kappa shape index (κ3) is 6.36. The molecule has 4 heterocycles. The minimum Gasteiger partial charge on any atom is -0.350 e. The SMILES string of the molecule is Cc1ccnc(Nc2ncc(Sc3ccnc(C(=O)NCC4(c5cccc(Cl)c5Cl)CCNCC4)c3F)s2)c1. The first-order valence-electron chi connectivity index (χ1n) is 12.3. The lowest BCUT2D eigenvalue weighted by Crippen LogP contribution is -2.48. The van der Waals surface area contributed by atoms with E-state index in [1.807, 2.05) is 31.2 Å². The summed E-state index contributed by atoms with van der Waals surface area (Å²) in [6.07, 6.45) is 6.31. The molecule has 1 amide bonds. The monoisotopic (exact) mass is 602 g/mol. The van der Waals surface area contributed by atoms with Crippen LogP contribution in [0.3, 0.4) is 0 Å². The van der Waals surface area contributed by atoms with E-state index in [1.165, 1.54) is 29.3 Å². The number of anilines is 2. The molecule has 4 aromatic rings. The number of hydrogen-bond donors (Lipinski definition) is 3. The number of rotatable bonds is 8. The fraction of sp³-hybridized carbons (Fsp3) is 0.259. The van der Waals surface area contributed by atoms with Gasteiger partial charge in [-0.2, -0.15) is 0 Å². The van der Waals surface area contributed by atoms with Crippen LogP contribution in [0.25, 0.3) is 0 Å². The third-order valence-corrected chi connectivity index (χ3v) is 9.45. The number of thiazole rings is 1. The molecule has 3 N–H and O–H groups in total. The fourth-order valence-corrected chi connectivity index (χ4v) is 6.91. The predicted molar refractivity (Wildman–Crippen MR) is 155 cm³/mol. The van der Waals surface area contributed by atoms with Gasteiger partial charge in [-0.3, -0.25) is 4.79 Å². The first kappa shape index (κ1) is 27.8. The number of carbonyl (C=O) groups excluding carboxylic acids is 1. The Morgan fingerprint density at radius 2 is 1.95 bits per heavy atom. The molecule has 202 valence electrons. The van der Waals surface area contributed by atoms with E-state index in [9.17, 15) is 4.79 Å². The zero-order valence-electron chi connectivity index (χ0n) is 20.9. The molecule has 0 radical (unpaired) electrons. The van der Waals surface area contributed by atoms with E-state index in [2.05, 4.69) is 30.9 Å². The molecule has 1 aliphatic rings. The topological polar surface area (TPSA) is 91.8 Å². The van der Waals surface area contributed by atoms with Crippen LogP contribution in [0.1, 0.15) is 34.5 Å². The van der Waals surface area contributed by atoms with Gasteiger partial charge in [0.15, 0.2) is 16.6 Å². The predicted octanol–water partition coefficient (Wildman–Crippen LogP) is 6.63. The van der Waals surface area contributed by atoms with Crippen LogP contribution in [0.15, 0.2) is 64.1 Å². The smallest absolute Gasteiger partial charge is 0.273 e. The summed E-state index contributed by atoms with van der Waals surface area (Å²) < 4.78 is 16.2. The molecule has 1 saturated heterocycles. The van der Waals surface area contributed by atoms with Crippen molar-refractivity contribution in [1.29, 1.82) is 0 Å². The Morgan fingerprint density at radius 1 is 1.15 bits per heavy atom. The molecule has 0 spiro atoms. The largest absolute Gasteiger partial charge is 0.350 e. The number of piperidine rings is 1. The quantitative estimate of drug-likeness (QED) is 0.208. The maximum Gasteiger partial charge on any atom is 0.273 e. The van der Waals surface area contributed by atoms with Crippen molar-refractivity contribution in [3.8, 4) is 0 Å². The zero-order chi connectivity index (χ0) is 27.4. The minimum absolute atomic E-state index is 0.256. The molecule has 0 saturated carbocycles. The highest BCUT2D eigenvalue weighted by Crippen LogP contribution is 2.40. The van der Waals surface area contributed by atoms with Crippen LogP contribution < -0.4 is 16.0 Å². The second kappa shape index (κ2) is 12.2. The first-order valence-corrected chi connectivity index (χ1v) is 14.6. The van der Waals surface area contributed by atoms with E-state index in [4.69, 9.17) is 23.2 Å². The van der Waals surface area contributed by atoms with Crippen molar-refractivity contribution >= 4 is 63.2 Å². The van der Waals surface area contributed by atoms with Crippen LogP contribution in [0.4, 0.5) is 15.3 Å². The molecule has 0 aliphatic carbocycles. The number of aromatic nitrogens is 3. The summed E-state index contributed by atoms with van der Waals surface area (Å²) in [5.41, 5.74) is 1.27. The summed E-state index contributed by atoms with van der Waals surface area (Å²) in [7, 11) is 0. The molecule has 0 unspecified atom stereocenters. The van der Waals surface area contributed by atoms with Crippen molar-refractivity contribution in [3.05, 3.63) is 87.7 Å². The highest BCUT2D eigenvalue weighted by molar-refractivity contribution is 8.01. The highest BCUT2D eigenvalue weighted by atomic mass is 35.5. The number of nitrogens with zero attached hydrogens (tertiary/aromatic N) is 3. The molecule has 12 heteroatoms. The van der Waals surface area contributed by atoms with Gasteiger partial charge < -0.3 is 16.0 Å². The number of carbonyl (C=O) groups is 1. The zero-order valence-corrected chi connectivity index (χ0v) is 24.1. The molecule has 0 atom stereocenters. The molecule has 5 rings (SSSR count). The third-order valence-electron chi connectivity index (χ3n) is 6.59. The molecule has 3 aromatic heterocycles. The summed E-state index contributed by atoms with van der Waals surface area (Å²) in [6, 6.07) is 10.9. The van der Waals surface area contributed by atoms with Gasteiger partial charge in [0, 0.05) is 24.4 Å². The van der Waals surface area contributed by atoms with Gasteiger partial charge in [-0.15, -0.1) is 0 Å². The van der Waals surface area contributed by atoms with E-state index in [1.54, 1.807) is 24.5 Å². The second-order valence-corrected chi connectivity index (χ2v) is 12.4. The Morgan fingerprint density at radius 3 is 2.74 bits per heavy atom. The Kier molecular flexibility index (Phi) is 8.68. The highest BCUT2D eigenvalue weighted by Gasteiger charge is 2.37. The van der Waals surface area contributed by atoms with Crippen LogP contribution >= 0.6 is 46.3 Å². The van der Waals surface area contributed by atoms with Crippen LogP contribution in [0, 0.1) is 12.7 Å². The van der Waals surface area contributed by atoms with Crippen molar-refractivity contribution in [3.63, 3.8) is 0 Å². The number of benzene rings is 1. The summed E-state index contributed by atoms with van der Waals surface area (Å²) in [5, 5.41) is 11.0. The van der Waals surface area contributed by atoms with Crippen molar-refractivity contribution in [1.82, 2.24) is 25.6 Å². The van der Waals surface area contributed by atoms with Crippen LogP contribution in [0.2, 0.25) is 10.0 Å². The molecular formula is C27H25Cl2FN6OS2. The van der Waals surface area contributed by atoms with E-state index in [0.717, 1.165) is 41.3 Å². The standard InChI is InChI=1S/C27H25Cl2FN6OS2/c1-16-5-9-32-20(13-16)36-26-34-14-21(39-26)38-19-6-10-33-24(23(19)30)25(37)35-15-27(7-11-31-12-8-27)17-3-2-4-18(28)22(17)29/h2-6,9-10,13-14,31H,7-8,11-12,15H2,1H3,(H,35,37)(H,32,34,36). The van der Waals surface area contributed by atoms with Gasteiger partial charge in [-0.05, 0) is 68.2 Å². The maximum atomic E-state index is 15.5. The van der Waals surface area contributed by atoms with Crippen LogP contribution in [0.5, 0.6) is 0 Å². The van der Waals surface area contributed by atoms with Gasteiger partial charge in [0.2, 0.25) is 0 Å². The second-order valence-electron chi connectivity index (χ2n) is 9.22. The molecule has 0 bridgehead atoms. The normalized spacial score (nSPS) is 14.7. The number of aryl methyl sites for hydroxylation is 1. The molecular weight excluding hydrogens is 578 g/mol. The van der Waals surface area contributed by atoms with Gasteiger partial charge in [0.1, 0.15) is 5.82 Å². The van der Waals surface area contributed by atoms with Gasteiger partial charge in [-0.1, -0.05) is 58.4 Å². The van der Waals surface area contributed by atoms with Crippen molar-refractivity contribution < 1.29 is 9.18 Å². The van der Waals surface area contributed by atoms with Crippen LogP contribution in [-0.2, 0) is 5.41 Å². The van der Waals surface area contributed by atoms with Gasteiger partial charge in [0.05, 0.1) is 25.3 Å². The average Bonchev–Trinajstić information content (AvgIpc) is 3.37. The number of amides is 1. The number of halogens is 3. The van der Waals surface area contributed by atoms with Gasteiger partial charge in [-0.25, -0.2) is 19.3 Å². The Bertz CT molecular complexity index is 1490. The van der Waals surface area contributed by atoms with Crippen LogP contribution in [-0.4, -0.2) is 40.5 Å². The lowest BCUT2D eigenvalue weighted by atomic mass is 9.73. The maximum absolute atomic E-state index is 15.5. The summed E-state index contributed by atoms with van der Waals surface area (Å²) in [5.74, 6) is -0.577. The molecule has 39 heavy (non-hydrogen) atoms. The van der Waals surface area contributed by atoms with E-state index >= 15 is 4.39 Å². The number of pyridine rings is 2. The Balaban J connectivity index is 1.30. The first-order chi connectivity index (χ1) is 18.8. The van der Waals surface area contributed by atoms with Crippen molar-refractivity contribution in [2.75, 3.05) is 25.0 Å². The van der Waals surface area contributed by atoms with E-state index < -0.39 is 17.1 Å². The summed E-state index contributed by atoms with van der Waals surface area (Å²) in [4.78, 5) is 26.1. The number of nitrogens with one attached hydrogen (secondary N) is 3. The molecule has 1 aliphatic heterocycles. The molecule has 7 nitrogen and oxygen atoms in total. The summed E-state index contributed by atoms with van der Waals surface area (Å²) >= 11 is 15.4. The lowest BCUT2D eigenvalue weighted by molar-refractivity contribution is 0.0927. The Labute approximate surface area is 244 Å². The van der Waals surface area contributed by atoms with Crippen molar-refractivity contribution in [2.24, 2.45) is 0 Å². The Hall–Kier alpha value is -2.76. The molecule has 1 fully saturated rings. The van der Waals surface area contributed by atoms with Gasteiger partial charge in [0.25, 0.3) is 5.91 Å². The molecule has 1 aromatic carbocycles. The van der Waals surface area contributed by atoms with E-state index in [0.29, 0.717) is 21.0 Å². The van der Waals surface area contributed by atoms with Crippen molar-refractivity contribution in [2.45, 2.75) is 34.3 Å². The number of hydrogen-bond acceptors (Lipinski definition) is 8.